The standard InChI is InChI=1S/C23H28BrN3O3S/c1-22(2,3)30-21(28)27-17-11-29-10-13(17)9-23(20(27)31-23)19-25-16-7-4-12-8-14(24)5-6-15(12)18(16)26-19/h8,13,17,20H,4-7,9-11H2,1-3H3,(H,25,26). The minimum absolute atomic E-state index is 0.0618. The lowest BCUT2D eigenvalue weighted by Gasteiger charge is -2.38. The van der Waals surface area contributed by atoms with E-state index in [9.17, 15) is 4.79 Å². The molecule has 3 aliphatic heterocycles. The SMILES string of the molecule is CC(C)(C)OC(=O)N1C2COCC2CC2(c3nc4c([nH]3)CCC3=C4CCC(Br)=C3)SC12. The second-order valence-electron chi connectivity index (χ2n) is 10.3. The van der Waals surface area contributed by atoms with Crippen LogP contribution in [0.25, 0.3) is 5.57 Å². The average Bonchev–Trinajstić information content (AvgIpc) is 3.04. The van der Waals surface area contributed by atoms with Gasteiger partial charge >= 0.3 is 6.09 Å². The molecule has 0 radical (unpaired) electrons. The van der Waals surface area contributed by atoms with Gasteiger partial charge in [0.25, 0.3) is 0 Å². The van der Waals surface area contributed by atoms with E-state index in [0.717, 1.165) is 43.6 Å². The van der Waals surface area contributed by atoms with E-state index in [1.807, 2.05) is 37.4 Å². The second-order valence-corrected chi connectivity index (χ2v) is 12.8. The number of nitrogens with zero attached hydrogens (tertiary/aromatic N) is 2. The van der Waals surface area contributed by atoms with E-state index in [0.29, 0.717) is 19.1 Å². The molecule has 2 aliphatic carbocycles. The van der Waals surface area contributed by atoms with E-state index >= 15 is 0 Å². The van der Waals surface area contributed by atoms with Gasteiger partial charge in [-0.15, -0.1) is 11.8 Å². The van der Waals surface area contributed by atoms with Crippen molar-refractivity contribution in [2.45, 2.75) is 74.6 Å². The van der Waals surface area contributed by atoms with Gasteiger partial charge in [-0.2, -0.15) is 0 Å². The molecule has 31 heavy (non-hydrogen) atoms. The van der Waals surface area contributed by atoms with Gasteiger partial charge in [-0.1, -0.05) is 15.9 Å². The highest BCUT2D eigenvalue weighted by atomic mass is 79.9. The second kappa shape index (κ2) is 6.87. The van der Waals surface area contributed by atoms with Crippen LogP contribution in [0.2, 0.25) is 0 Å². The molecule has 3 saturated heterocycles. The van der Waals surface area contributed by atoms with E-state index in [-0.39, 0.29) is 22.3 Å². The Morgan fingerprint density at radius 2 is 2.16 bits per heavy atom. The number of amides is 1. The van der Waals surface area contributed by atoms with Crippen molar-refractivity contribution in [3.05, 3.63) is 33.3 Å². The predicted molar refractivity (Wildman–Crippen MR) is 124 cm³/mol. The van der Waals surface area contributed by atoms with Gasteiger partial charge in [0.15, 0.2) is 0 Å². The summed E-state index contributed by atoms with van der Waals surface area (Å²) in [4.78, 5) is 24.0. The van der Waals surface area contributed by atoms with E-state index < -0.39 is 5.60 Å². The summed E-state index contributed by atoms with van der Waals surface area (Å²) in [7, 11) is 0. The first kappa shape index (κ1) is 20.4. The maximum atomic E-state index is 13.2. The van der Waals surface area contributed by atoms with E-state index in [1.54, 1.807) is 0 Å². The molecule has 6 rings (SSSR count). The number of hydrogen-bond acceptors (Lipinski definition) is 5. The average molecular weight is 506 g/mol. The van der Waals surface area contributed by atoms with Crippen molar-refractivity contribution in [1.29, 1.82) is 0 Å². The highest BCUT2D eigenvalue weighted by Crippen LogP contribution is 2.69. The van der Waals surface area contributed by atoms with Crippen molar-refractivity contribution in [2.75, 3.05) is 13.2 Å². The van der Waals surface area contributed by atoms with Crippen LogP contribution >= 0.6 is 27.7 Å². The highest BCUT2D eigenvalue weighted by Gasteiger charge is 2.70. The summed E-state index contributed by atoms with van der Waals surface area (Å²) in [6.07, 6.45) is 7.19. The van der Waals surface area contributed by atoms with Gasteiger partial charge in [0.1, 0.15) is 21.5 Å². The zero-order valence-electron chi connectivity index (χ0n) is 18.2. The van der Waals surface area contributed by atoms with Crippen LogP contribution in [0.4, 0.5) is 4.79 Å². The third-order valence-corrected chi connectivity index (χ3v) is 9.28. The number of aromatic nitrogens is 2. The van der Waals surface area contributed by atoms with Gasteiger partial charge in [0, 0.05) is 11.6 Å². The number of aryl methyl sites for hydroxylation is 1. The Morgan fingerprint density at radius 3 is 2.97 bits per heavy atom. The van der Waals surface area contributed by atoms with Crippen molar-refractivity contribution in [3.8, 4) is 0 Å². The summed E-state index contributed by atoms with van der Waals surface area (Å²) in [5, 5.41) is 0.0618. The number of allylic oxidation sites excluding steroid dienone is 4. The van der Waals surface area contributed by atoms with Crippen molar-refractivity contribution >= 4 is 39.4 Å². The number of H-pyrrole nitrogens is 1. The molecule has 1 aromatic heterocycles. The molecule has 4 heterocycles. The number of carbonyl (C=O) groups excluding carboxylic acids is 1. The molecule has 3 fully saturated rings. The third kappa shape index (κ3) is 3.23. The number of likely N-dealkylation sites (tertiary alicyclic amines) is 1. The molecule has 5 aliphatic rings. The Kier molecular flexibility index (Phi) is 4.52. The summed E-state index contributed by atoms with van der Waals surface area (Å²) in [6, 6.07) is 0.0997. The van der Waals surface area contributed by atoms with Crippen LogP contribution in [0.15, 0.2) is 16.1 Å². The summed E-state index contributed by atoms with van der Waals surface area (Å²) < 4.78 is 12.7. The lowest BCUT2D eigenvalue weighted by molar-refractivity contribution is 0.00104. The van der Waals surface area contributed by atoms with Gasteiger partial charge in [0.05, 0.1) is 24.9 Å². The minimum Gasteiger partial charge on any atom is -0.444 e. The van der Waals surface area contributed by atoms with Crippen molar-refractivity contribution in [2.24, 2.45) is 5.92 Å². The summed E-state index contributed by atoms with van der Waals surface area (Å²) in [5.41, 5.74) is 4.72. The summed E-state index contributed by atoms with van der Waals surface area (Å²) in [5.74, 6) is 1.36. The van der Waals surface area contributed by atoms with Crippen molar-refractivity contribution < 1.29 is 14.3 Å². The van der Waals surface area contributed by atoms with Crippen LogP contribution in [0.5, 0.6) is 0 Å². The maximum absolute atomic E-state index is 13.2. The van der Waals surface area contributed by atoms with E-state index in [4.69, 9.17) is 14.5 Å². The monoisotopic (exact) mass is 505 g/mol. The molecule has 1 N–H and O–H groups in total. The molecule has 0 saturated carbocycles. The first-order chi connectivity index (χ1) is 14.7. The number of carbonyl (C=O) groups is 1. The molecule has 4 unspecified atom stereocenters. The van der Waals surface area contributed by atoms with Crippen LogP contribution in [0.3, 0.4) is 0 Å². The number of hydrogen-bond donors (Lipinski definition) is 1. The van der Waals surface area contributed by atoms with E-state index in [1.165, 1.54) is 21.3 Å². The molecule has 8 heteroatoms. The molecular weight excluding hydrogens is 478 g/mol. The van der Waals surface area contributed by atoms with Gasteiger partial charge in [0.2, 0.25) is 0 Å². The van der Waals surface area contributed by atoms with Crippen LogP contribution in [-0.2, 0) is 20.6 Å². The third-order valence-electron chi connectivity index (χ3n) is 7.05. The van der Waals surface area contributed by atoms with Crippen LogP contribution < -0.4 is 0 Å². The highest BCUT2D eigenvalue weighted by molar-refractivity contribution is 9.11. The zero-order valence-corrected chi connectivity index (χ0v) is 20.6. The fourth-order valence-electron chi connectivity index (χ4n) is 5.61. The smallest absolute Gasteiger partial charge is 0.411 e. The molecule has 0 bridgehead atoms. The lowest BCUT2D eigenvalue weighted by Crippen LogP contribution is -2.53. The lowest BCUT2D eigenvalue weighted by atomic mass is 9.84. The van der Waals surface area contributed by atoms with Crippen molar-refractivity contribution in [3.63, 3.8) is 0 Å². The van der Waals surface area contributed by atoms with Crippen LogP contribution in [0.1, 0.15) is 63.7 Å². The summed E-state index contributed by atoms with van der Waals surface area (Å²) in [6.45, 7) is 7.07. The normalized spacial score (nSPS) is 33.9. The van der Waals surface area contributed by atoms with Crippen LogP contribution in [0, 0.1) is 5.92 Å². The van der Waals surface area contributed by atoms with Gasteiger partial charge < -0.3 is 14.5 Å². The van der Waals surface area contributed by atoms with Gasteiger partial charge in [-0.25, -0.2) is 9.78 Å². The molecule has 1 amide bonds. The Labute approximate surface area is 195 Å². The first-order valence-corrected chi connectivity index (χ1v) is 12.9. The molecule has 0 spiro atoms. The Morgan fingerprint density at radius 1 is 1.32 bits per heavy atom. The maximum Gasteiger partial charge on any atom is 0.411 e. The van der Waals surface area contributed by atoms with Gasteiger partial charge in [-0.3, -0.25) is 4.90 Å². The number of piperidine rings is 1. The number of halogens is 1. The quantitative estimate of drug-likeness (QED) is 0.537. The number of thioether (sulfide) groups is 1. The van der Waals surface area contributed by atoms with Crippen LogP contribution in [-0.4, -0.2) is 51.2 Å². The number of ether oxygens (including phenoxy) is 2. The molecule has 166 valence electrons. The van der Waals surface area contributed by atoms with Crippen molar-refractivity contribution in [1.82, 2.24) is 14.9 Å². The molecule has 6 nitrogen and oxygen atoms in total. The Bertz CT molecular complexity index is 1030. The molecule has 1 aromatic rings. The minimum atomic E-state index is -0.513. The fraction of sp³-hybridized carbons (Fsp3) is 0.652. The largest absolute Gasteiger partial charge is 0.444 e. The predicted octanol–water partition coefficient (Wildman–Crippen LogP) is 5.11. The Hall–Kier alpha value is -1.25. The molecule has 0 aromatic carbocycles. The number of aromatic amines is 1. The molecule has 4 atom stereocenters. The van der Waals surface area contributed by atoms with E-state index in [2.05, 4.69) is 27.0 Å². The number of rotatable bonds is 1. The number of imidazole rings is 1. The first-order valence-electron chi connectivity index (χ1n) is 11.2. The van der Waals surface area contributed by atoms with Gasteiger partial charge in [-0.05, 0) is 74.6 Å². The summed E-state index contributed by atoms with van der Waals surface area (Å²) >= 11 is 5.53. The number of nitrogens with one attached hydrogen (secondary N) is 1. The Balaban J connectivity index is 1.35. The zero-order chi connectivity index (χ0) is 21.5. The topological polar surface area (TPSA) is 67.4 Å². The number of fused-ring (bicyclic) bond motifs is 4. The molecular formula is C23H28BrN3O3S. The fourth-order valence-corrected chi connectivity index (χ4v) is 7.61.